The molecule has 2 heterocycles. The van der Waals surface area contributed by atoms with Crippen LogP contribution in [0, 0.1) is 11.6 Å². The summed E-state index contributed by atoms with van der Waals surface area (Å²) in [6.07, 6.45) is -0.698. The lowest BCUT2D eigenvalue weighted by molar-refractivity contribution is 0.364. The summed E-state index contributed by atoms with van der Waals surface area (Å²) in [5, 5.41) is 4.29. The maximum Gasteiger partial charge on any atom is 0.266 e. The second-order valence-electron chi connectivity index (χ2n) is 6.86. The van der Waals surface area contributed by atoms with Crippen LogP contribution in [0.25, 0.3) is 0 Å². The van der Waals surface area contributed by atoms with Gasteiger partial charge in [-0.25, -0.2) is 26.6 Å². The Morgan fingerprint density at radius 1 is 1.19 bits per heavy atom. The molecule has 12 heteroatoms. The summed E-state index contributed by atoms with van der Waals surface area (Å²) in [5.74, 6) is -1.48. The van der Waals surface area contributed by atoms with Gasteiger partial charge in [0.1, 0.15) is 22.7 Å². The SMILES string of the molecule is O=S(=O)(Nc1cscn1)c1cc(Cl)c(Nc2ccc(F)cc2N2CCC(F)C2)cc1F. The van der Waals surface area contributed by atoms with Crippen LogP contribution in [0.3, 0.4) is 0 Å². The molecule has 1 aliphatic rings. The summed E-state index contributed by atoms with van der Waals surface area (Å²) in [7, 11) is -4.25. The Hall–Kier alpha value is -2.50. The topological polar surface area (TPSA) is 74.3 Å². The number of alkyl halides is 1. The number of nitrogens with one attached hydrogen (secondary N) is 2. The van der Waals surface area contributed by atoms with E-state index in [9.17, 15) is 21.6 Å². The van der Waals surface area contributed by atoms with Crippen LogP contribution < -0.4 is 14.9 Å². The van der Waals surface area contributed by atoms with Crippen LogP contribution in [0.2, 0.25) is 5.02 Å². The molecule has 0 spiro atoms. The summed E-state index contributed by atoms with van der Waals surface area (Å²) in [5.41, 5.74) is 2.29. The predicted octanol–water partition coefficient (Wildman–Crippen LogP) is 5.17. The van der Waals surface area contributed by atoms with Crippen molar-refractivity contribution >= 4 is 55.8 Å². The molecule has 0 amide bonds. The van der Waals surface area contributed by atoms with Crippen molar-refractivity contribution in [3.8, 4) is 0 Å². The third-order valence-electron chi connectivity index (χ3n) is 4.68. The third kappa shape index (κ3) is 4.73. The van der Waals surface area contributed by atoms with Gasteiger partial charge in [0.25, 0.3) is 10.0 Å². The zero-order valence-electron chi connectivity index (χ0n) is 15.8. The first-order valence-electron chi connectivity index (χ1n) is 9.08. The fourth-order valence-electron chi connectivity index (χ4n) is 3.24. The van der Waals surface area contributed by atoms with E-state index >= 15 is 0 Å². The lowest BCUT2D eigenvalue weighted by Gasteiger charge is -2.22. The number of hydrogen-bond acceptors (Lipinski definition) is 6. The Balaban J connectivity index is 1.64. The number of aromatic nitrogens is 1. The lowest BCUT2D eigenvalue weighted by Crippen LogP contribution is -2.21. The first-order chi connectivity index (χ1) is 14.7. The fourth-order valence-corrected chi connectivity index (χ4v) is 5.16. The number of thiazole rings is 1. The maximum atomic E-state index is 14.7. The van der Waals surface area contributed by atoms with E-state index in [2.05, 4.69) is 15.0 Å². The summed E-state index contributed by atoms with van der Waals surface area (Å²) >= 11 is 7.40. The van der Waals surface area contributed by atoms with Crippen LogP contribution >= 0.6 is 22.9 Å². The summed E-state index contributed by atoms with van der Waals surface area (Å²) in [4.78, 5) is 4.84. The summed E-state index contributed by atoms with van der Waals surface area (Å²) < 4.78 is 69.3. The van der Waals surface area contributed by atoms with E-state index in [1.165, 1.54) is 40.4 Å². The fraction of sp³-hybridized carbons (Fsp3) is 0.211. The Morgan fingerprint density at radius 3 is 2.68 bits per heavy atom. The maximum absolute atomic E-state index is 14.7. The molecule has 2 N–H and O–H groups in total. The first-order valence-corrected chi connectivity index (χ1v) is 11.9. The highest BCUT2D eigenvalue weighted by atomic mass is 35.5. The van der Waals surface area contributed by atoms with Crippen LogP contribution in [-0.2, 0) is 10.0 Å². The van der Waals surface area contributed by atoms with Crippen LogP contribution in [0.1, 0.15) is 6.42 Å². The van der Waals surface area contributed by atoms with Crippen molar-refractivity contribution in [1.29, 1.82) is 0 Å². The molecule has 0 bridgehead atoms. The zero-order chi connectivity index (χ0) is 22.2. The Kier molecular flexibility index (Phi) is 6.00. The van der Waals surface area contributed by atoms with Gasteiger partial charge in [-0.1, -0.05) is 11.6 Å². The number of halogens is 4. The molecule has 0 aliphatic carbocycles. The van der Waals surface area contributed by atoms with E-state index in [-0.39, 0.29) is 23.1 Å². The van der Waals surface area contributed by atoms with E-state index in [1.807, 2.05) is 0 Å². The van der Waals surface area contributed by atoms with Crippen LogP contribution in [0.15, 0.2) is 46.1 Å². The second-order valence-corrected chi connectivity index (χ2v) is 9.64. The predicted molar refractivity (Wildman–Crippen MR) is 116 cm³/mol. The molecule has 6 nitrogen and oxygen atoms in total. The molecule has 1 saturated heterocycles. The minimum Gasteiger partial charge on any atom is -0.367 e. The quantitative estimate of drug-likeness (QED) is 0.501. The van der Waals surface area contributed by atoms with Crippen molar-refractivity contribution in [3.63, 3.8) is 0 Å². The number of rotatable bonds is 6. The second kappa shape index (κ2) is 8.56. The molecule has 1 fully saturated rings. The number of sulfonamides is 1. The average molecular weight is 489 g/mol. The minimum atomic E-state index is -4.25. The third-order valence-corrected chi connectivity index (χ3v) is 6.95. The van der Waals surface area contributed by atoms with E-state index in [4.69, 9.17) is 11.6 Å². The van der Waals surface area contributed by atoms with Gasteiger partial charge in [0.05, 0.1) is 27.6 Å². The normalized spacial score (nSPS) is 16.5. The molecular weight excluding hydrogens is 473 g/mol. The highest BCUT2D eigenvalue weighted by Crippen LogP contribution is 2.36. The molecule has 0 saturated carbocycles. The van der Waals surface area contributed by atoms with Gasteiger partial charge in [0.15, 0.2) is 5.82 Å². The summed E-state index contributed by atoms with van der Waals surface area (Å²) in [6, 6.07) is 5.80. The number of hydrogen-bond donors (Lipinski definition) is 2. The van der Waals surface area contributed by atoms with E-state index in [1.54, 1.807) is 4.90 Å². The Morgan fingerprint density at radius 2 is 2.00 bits per heavy atom. The molecule has 31 heavy (non-hydrogen) atoms. The molecule has 1 aliphatic heterocycles. The van der Waals surface area contributed by atoms with Crippen molar-refractivity contribution in [3.05, 3.63) is 57.9 Å². The highest BCUT2D eigenvalue weighted by Gasteiger charge is 2.26. The van der Waals surface area contributed by atoms with Crippen molar-refractivity contribution in [2.24, 2.45) is 0 Å². The molecule has 1 aromatic heterocycles. The van der Waals surface area contributed by atoms with Gasteiger partial charge in [0, 0.05) is 24.5 Å². The monoisotopic (exact) mass is 488 g/mol. The average Bonchev–Trinajstić information content (AvgIpc) is 3.37. The Labute approximate surface area is 185 Å². The smallest absolute Gasteiger partial charge is 0.266 e. The van der Waals surface area contributed by atoms with Crippen molar-refractivity contribution in [2.45, 2.75) is 17.5 Å². The van der Waals surface area contributed by atoms with E-state index < -0.39 is 32.7 Å². The standard InChI is InChI=1S/C19H16ClF3N4O2S2/c20-13-6-18(31(28,29)26-19-9-30-10-24-19)14(23)7-16(13)25-15-2-1-11(21)5-17(15)27-4-3-12(22)8-27/h1-2,5-7,9-10,12,25-26H,3-4,8H2. The van der Waals surface area contributed by atoms with Gasteiger partial charge in [-0.3, -0.25) is 4.72 Å². The molecule has 1 unspecified atom stereocenters. The van der Waals surface area contributed by atoms with Gasteiger partial charge >= 0.3 is 0 Å². The van der Waals surface area contributed by atoms with Gasteiger partial charge in [-0.15, -0.1) is 11.3 Å². The van der Waals surface area contributed by atoms with Gasteiger partial charge in [0.2, 0.25) is 0 Å². The largest absolute Gasteiger partial charge is 0.367 e. The van der Waals surface area contributed by atoms with Gasteiger partial charge in [-0.2, -0.15) is 0 Å². The van der Waals surface area contributed by atoms with E-state index in [0.717, 1.165) is 12.1 Å². The van der Waals surface area contributed by atoms with Gasteiger partial charge < -0.3 is 10.2 Å². The molecular formula is C19H16ClF3N4O2S2. The molecule has 4 rings (SSSR count). The van der Waals surface area contributed by atoms with Crippen molar-refractivity contribution in [2.75, 3.05) is 28.0 Å². The van der Waals surface area contributed by atoms with Gasteiger partial charge in [-0.05, 0) is 30.7 Å². The van der Waals surface area contributed by atoms with E-state index in [0.29, 0.717) is 24.3 Å². The highest BCUT2D eigenvalue weighted by molar-refractivity contribution is 7.92. The number of anilines is 4. The van der Waals surface area contributed by atoms with Crippen LogP contribution in [0.4, 0.5) is 36.1 Å². The summed E-state index contributed by atoms with van der Waals surface area (Å²) in [6.45, 7) is 0.514. The Bertz CT molecular complexity index is 1210. The number of nitrogens with zero attached hydrogens (tertiary/aromatic N) is 2. The molecule has 2 aromatic carbocycles. The van der Waals surface area contributed by atoms with Crippen LogP contribution in [-0.4, -0.2) is 32.7 Å². The van der Waals surface area contributed by atoms with Crippen molar-refractivity contribution < 1.29 is 21.6 Å². The minimum absolute atomic E-state index is 0.0652. The van der Waals surface area contributed by atoms with Crippen LogP contribution in [0.5, 0.6) is 0 Å². The zero-order valence-corrected chi connectivity index (χ0v) is 18.2. The molecule has 1 atom stereocenters. The number of benzene rings is 2. The molecule has 164 valence electrons. The molecule has 0 radical (unpaired) electrons. The first kappa shape index (κ1) is 21.7. The lowest BCUT2D eigenvalue weighted by atomic mass is 10.2. The van der Waals surface area contributed by atoms with Crippen molar-refractivity contribution in [1.82, 2.24) is 4.98 Å². The molecule has 3 aromatic rings.